The zero-order valence-electron chi connectivity index (χ0n) is 11.2. The average molecular weight is 257 g/mol. The number of hydrogen-bond acceptors (Lipinski definition) is 4. The van der Waals surface area contributed by atoms with Crippen molar-refractivity contribution in [3.63, 3.8) is 0 Å². The van der Waals surface area contributed by atoms with Crippen molar-refractivity contribution >= 4 is 0 Å². The van der Waals surface area contributed by atoms with Gasteiger partial charge in [0, 0.05) is 18.5 Å². The maximum atomic E-state index is 10.2. The molecule has 0 aromatic rings. The van der Waals surface area contributed by atoms with Crippen molar-refractivity contribution in [2.24, 2.45) is 5.92 Å². The van der Waals surface area contributed by atoms with E-state index in [0.717, 1.165) is 38.6 Å². The summed E-state index contributed by atoms with van der Waals surface area (Å²) >= 11 is 0. The molecule has 0 spiro atoms. The molecule has 0 bridgehead atoms. The highest BCUT2D eigenvalue weighted by atomic mass is 16.3. The number of nitrogens with zero attached hydrogens (tertiary/aromatic N) is 1. The van der Waals surface area contributed by atoms with E-state index in [4.69, 9.17) is 5.11 Å². The molecule has 2 fully saturated rings. The lowest BCUT2D eigenvalue weighted by Gasteiger charge is -2.44. The number of rotatable bonds is 4. The molecule has 1 saturated heterocycles. The summed E-state index contributed by atoms with van der Waals surface area (Å²) in [5, 5.41) is 28.8. The Kier molecular flexibility index (Phi) is 5.42. The minimum atomic E-state index is -0.647. The number of aliphatic hydroxyl groups is 3. The minimum Gasteiger partial charge on any atom is -0.394 e. The molecular weight excluding hydrogens is 230 g/mol. The van der Waals surface area contributed by atoms with E-state index in [1.807, 2.05) is 0 Å². The third-order valence-corrected chi connectivity index (χ3v) is 4.60. The van der Waals surface area contributed by atoms with Crippen LogP contribution in [0.3, 0.4) is 0 Å². The Morgan fingerprint density at radius 2 is 1.78 bits per heavy atom. The van der Waals surface area contributed by atoms with Gasteiger partial charge < -0.3 is 15.3 Å². The fourth-order valence-electron chi connectivity index (χ4n) is 3.65. The van der Waals surface area contributed by atoms with E-state index in [9.17, 15) is 10.2 Å². The van der Waals surface area contributed by atoms with Gasteiger partial charge in [0.05, 0.1) is 18.8 Å². The van der Waals surface area contributed by atoms with Crippen LogP contribution in [0.4, 0.5) is 0 Å². The molecule has 106 valence electrons. The molecule has 4 atom stereocenters. The van der Waals surface area contributed by atoms with Crippen molar-refractivity contribution in [1.82, 2.24) is 4.90 Å². The summed E-state index contributed by atoms with van der Waals surface area (Å²) in [6.07, 6.45) is 7.09. The summed E-state index contributed by atoms with van der Waals surface area (Å²) in [4.78, 5) is 2.30. The average Bonchev–Trinajstić information content (AvgIpc) is 2.40. The van der Waals surface area contributed by atoms with Gasteiger partial charge in [-0.3, -0.25) is 4.90 Å². The van der Waals surface area contributed by atoms with Crippen LogP contribution in [-0.2, 0) is 0 Å². The normalized spacial score (nSPS) is 36.5. The molecule has 1 aliphatic carbocycles. The number of piperidine rings is 1. The monoisotopic (exact) mass is 257 g/mol. The van der Waals surface area contributed by atoms with Crippen LogP contribution in [-0.4, -0.2) is 58.2 Å². The van der Waals surface area contributed by atoms with E-state index in [2.05, 4.69) is 4.90 Å². The maximum Gasteiger partial charge on any atom is 0.0897 e. The Hall–Kier alpha value is -0.160. The van der Waals surface area contributed by atoms with Gasteiger partial charge in [0.25, 0.3) is 0 Å². The summed E-state index contributed by atoms with van der Waals surface area (Å²) in [5.41, 5.74) is 0. The van der Waals surface area contributed by atoms with Gasteiger partial charge in [-0.25, -0.2) is 0 Å². The van der Waals surface area contributed by atoms with Gasteiger partial charge in [-0.2, -0.15) is 0 Å². The predicted octanol–water partition coefficient (Wildman–Crippen LogP) is 0.745. The fourth-order valence-corrected chi connectivity index (χ4v) is 3.65. The summed E-state index contributed by atoms with van der Waals surface area (Å²) in [5.74, 6) is 0.366. The second-order valence-electron chi connectivity index (χ2n) is 5.91. The number of hydrogen-bond donors (Lipinski definition) is 3. The van der Waals surface area contributed by atoms with Crippen molar-refractivity contribution in [3.8, 4) is 0 Å². The smallest absolute Gasteiger partial charge is 0.0897 e. The molecular formula is C14H27NO3. The quantitative estimate of drug-likeness (QED) is 0.695. The van der Waals surface area contributed by atoms with Crippen molar-refractivity contribution in [2.45, 2.75) is 63.2 Å². The van der Waals surface area contributed by atoms with Crippen LogP contribution in [0, 0.1) is 5.92 Å². The molecule has 18 heavy (non-hydrogen) atoms. The minimum absolute atomic E-state index is 0.170. The first-order chi connectivity index (χ1) is 8.72. The van der Waals surface area contributed by atoms with E-state index in [1.54, 1.807) is 0 Å². The van der Waals surface area contributed by atoms with Gasteiger partial charge in [-0.05, 0) is 32.2 Å². The number of β-amino-alcohol motifs (C(OH)–C–C–N with tert-alkyl or cyclic N) is 1. The van der Waals surface area contributed by atoms with Crippen LogP contribution in [0.2, 0.25) is 0 Å². The summed E-state index contributed by atoms with van der Waals surface area (Å²) in [7, 11) is 0. The Balaban J connectivity index is 1.97. The third kappa shape index (κ3) is 3.44. The third-order valence-electron chi connectivity index (χ3n) is 4.60. The standard InChI is InChI=1S/C14H27NO3/c16-10-11(17)9-15-8-4-3-6-13(15)12-5-1-2-7-14(12)18/h11-14,16-18H,1-10H2. The van der Waals surface area contributed by atoms with E-state index in [-0.39, 0.29) is 12.7 Å². The topological polar surface area (TPSA) is 63.9 Å². The van der Waals surface area contributed by atoms with Gasteiger partial charge >= 0.3 is 0 Å². The van der Waals surface area contributed by atoms with E-state index in [0.29, 0.717) is 18.5 Å². The van der Waals surface area contributed by atoms with Crippen LogP contribution in [0.25, 0.3) is 0 Å². The first-order valence-corrected chi connectivity index (χ1v) is 7.43. The molecule has 1 saturated carbocycles. The van der Waals surface area contributed by atoms with Crippen LogP contribution in [0.1, 0.15) is 44.9 Å². The maximum absolute atomic E-state index is 10.2. The lowest BCUT2D eigenvalue weighted by Crippen LogP contribution is -2.51. The van der Waals surface area contributed by atoms with Gasteiger partial charge in [-0.1, -0.05) is 19.3 Å². The molecule has 0 radical (unpaired) electrons. The van der Waals surface area contributed by atoms with Crippen molar-refractivity contribution in [2.75, 3.05) is 19.7 Å². The van der Waals surface area contributed by atoms with Crippen LogP contribution >= 0.6 is 0 Å². The fraction of sp³-hybridized carbons (Fsp3) is 1.00. The Labute approximate surface area is 110 Å². The van der Waals surface area contributed by atoms with Gasteiger partial charge in [0.15, 0.2) is 0 Å². The van der Waals surface area contributed by atoms with Crippen molar-refractivity contribution < 1.29 is 15.3 Å². The van der Waals surface area contributed by atoms with Gasteiger partial charge in [0.1, 0.15) is 0 Å². The largest absolute Gasteiger partial charge is 0.394 e. The lowest BCUT2D eigenvalue weighted by molar-refractivity contribution is -0.0279. The van der Waals surface area contributed by atoms with Crippen molar-refractivity contribution in [3.05, 3.63) is 0 Å². The van der Waals surface area contributed by atoms with Crippen LogP contribution in [0.15, 0.2) is 0 Å². The zero-order chi connectivity index (χ0) is 13.0. The Morgan fingerprint density at radius 3 is 2.50 bits per heavy atom. The molecule has 0 amide bonds. The molecule has 1 aliphatic heterocycles. The second-order valence-corrected chi connectivity index (χ2v) is 5.91. The predicted molar refractivity (Wildman–Crippen MR) is 70.3 cm³/mol. The van der Waals surface area contributed by atoms with Gasteiger partial charge in [-0.15, -0.1) is 0 Å². The van der Waals surface area contributed by atoms with E-state index in [1.165, 1.54) is 12.8 Å². The van der Waals surface area contributed by atoms with Crippen LogP contribution < -0.4 is 0 Å². The van der Waals surface area contributed by atoms with Crippen molar-refractivity contribution in [1.29, 1.82) is 0 Å². The number of likely N-dealkylation sites (tertiary alicyclic amines) is 1. The SMILES string of the molecule is OCC(O)CN1CCCCC1C1CCCCC1O. The van der Waals surface area contributed by atoms with E-state index < -0.39 is 6.10 Å². The molecule has 4 heteroatoms. The summed E-state index contributed by atoms with van der Waals surface area (Å²) in [6.45, 7) is 1.37. The highest BCUT2D eigenvalue weighted by Crippen LogP contribution is 2.34. The molecule has 1 heterocycles. The molecule has 4 unspecified atom stereocenters. The molecule has 2 aliphatic rings. The summed E-state index contributed by atoms with van der Waals surface area (Å²) in [6, 6.07) is 0.398. The van der Waals surface area contributed by atoms with Gasteiger partial charge in [0.2, 0.25) is 0 Å². The Bertz CT molecular complexity index is 249. The Morgan fingerprint density at radius 1 is 1.06 bits per heavy atom. The lowest BCUT2D eigenvalue weighted by atomic mass is 9.78. The molecule has 0 aromatic heterocycles. The zero-order valence-corrected chi connectivity index (χ0v) is 11.2. The number of aliphatic hydroxyl groups excluding tert-OH is 3. The second kappa shape index (κ2) is 6.85. The highest BCUT2D eigenvalue weighted by molar-refractivity contribution is 4.89. The molecule has 0 aromatic carbocycles. The van der Waals surface area contributed by atoms with Crippen LogP contribution in [0.5, 0.6) is 0 Å². The summed E-state index contributed by atoms with van der Waals surface area (Å²) < 4.78 is 0. The highest BCUT2D eigenvalue weighted by Gasteiger charge is 2.35. The molecule has 4 nitrogen and oxygen atoms in total. The molecule has 2 rings (SSSR count). The first-order valence-electron chi connectivity index (χ1n) is 7.43. The molecule has 3 N–H and O–H groups in total. The van der Waals surface area contributed by atoms with E-state index >= 15 is 0 Å². The first kappa shape index (κ1) is 14.3.